The van der Waals surface area contributed by atoms with Crippen LogP contribution in [0.4, 0.5) is 11.4 Å². The first kappa shape index (κ1) is 15.3. The Hall–Kier alpha value is -2.05. The summed E-state index contributed by atoms with van der Waals surface area (Å²) in [5.41, 5.74) is 6.96. The summed E-state index contributed by atoms with van der Waals surface area (Å²) in [5, 5.41) is 11.6. The summed E-state index contributed by atoms with van der Waals surface area (Å²) in [6.07, 6.45) is 0. The molecule has 0 spiro atoms. The molecule has 0 saturated carbocycles. The number of halogens is 2. The maximum absolute atomic E-state index is 12.1. The van der Waals surface area contributed by atoms with Crippen LogP contribution in [0.15, 0.2) is 40.9 Å². The van der Waals surface area contributed by atoms with Crippen molar-refractivity contribution in [2.45, 2.75) is 0 Å². The van der Waals surface area contributed by atoms with Crippen LogP contribution < -0.4 is 11.1 Å². The predicted molar refractivity (Wildman–Crippen MR) is 84.9 cm³/mol. The molecule has 5 nitrogen and oxygen atoms in total. The number of amides is 1. The van der Waals surface area contributed by atoms with E-state index in [4.69, 9.17) is 22.4 Å². The number of nitrogens with one attached hydrogen (secondary N) is 1. The van der Waals surface area contributed by atoms with Gasteiger partial charge in [-0.25, -0.2) is 4.79 Å². The van der Waals surface area contributed by atoms with E-state index >= 15 is 0 Å². The van der Waals surface area contributed by atoms with Crippen molar-refractivity contribution in [2.75, 3.05) is 11.1 Å². The van der Waals surface area contributed by atoms with Gasteiger partial charge in [0.2, 0.25) is 0 Å². The highest BCUT2D eigenvalue weighted by atomic mass is 79.9. The van der Waals surface area contributed by atoms with Crippen molar-refractivity contribution in [1.29, 1.82) is 0 Å². The summed E-state index contributed by atoms with van der Waals surface area (Å²) >= 11 is 9.20. The largest absolute Gasteiger partial charge is 0.478 e. The van der Waals surface area contributed by atoms with Crippen LogP contribution in [0.1, 0.15) is 20.7 Å². The van der Waals surface area contributed by atoms with Gasteiger partial charge in [-0.15, -0.1) is 0 Å². The molecule has 0 aromatic heterocycles. The van der Waals surface area contributed by atoms with Gasteiger partial charge in [0, 0.05) is 15.7 Å². The number of nitrogens with two attached hydrogens (primary N) is 1. The highest BCUT2D eigenvalue weighted by Gasteiger charge is 2.12. The van der Waals surface area contributed by atoms with Crippen LogP contribution >= 0.6 is 27.5 Å². The van der Waals surface area contributed by atoms with Crippen molar-refractivity contribution in [3.8, 4) is 0 Å². The molecule has 0 atom stereocenters. The molecule has 0 aliphatic carbocycles. The molecule has 2 aromatic carbocycles. The first-order chi connectivity index (χ1) is 9.88. The monoisotopic (exact) mass is 368 g/mol. The SMILES string of the molecule is Nc1ccc(C(=O)Nc2ccc(C(=O)O)cc2Cl)cc1Br. The van der Waals surface area contributed by atoms with Gasteiger partial charge in [-0.3, -0.25) is 4.79 Å². The number of carbonyl (C=O) groups excluding carboxylic acids is 1. The summed E-state index contributed by atoms with van der Waals surface area (Å²) < 4.78 is 0.613. The highest BCUT2D eigenvalue weighted by Crippen LogP contribution is 2.25. The lowest BCUT2D eigenvalue weighted by Gasteiger charge is -2.09. The predicted octanol–water partition coefficient (Wildman–Crippen LogP) is 3.64. The van der Waals surface area contributed by atoms with Crippen LogP contribution in [0.2, 0.25) is 5.02 Å². The van der Waals surface area contributed by atoms with E-state index in [1.165, 1.54) is 18.2 Å². The summed E-state index contributed by atoms with van der Waals surface area (Å²) in [4.78, 5) is 22.9. The Labute approximate surface area is 133 Å². The summed E-state index contributed by atoms with van der Waals surface area (Å²) in [5.74, 6) is -1.46. The smallest absolute Gasteiger partial charge is 0.335 e. The lowest BCUT2D eigenvalue weighted by atomic mass is 10.1. The van der Waals surface area contributed by atoms with Gasteiger partial charge in [0.1, 0.15) is 0 Å². The van der Waals surface area contributed by atoms with Gasteiger partial charge in [-0.1, -0.05) is 11.6 Å². The van der Waals surface area contributed by atoms with Crippen LogP contribution in [-0.4, -0.2) is 17.0 Å². The van der Waals surface area contributed by atoms with Crippen molar-refractivity contribution >= 4 is 50.8 Å². The van der Waals surface area contributed by atoms with Crippen LogP contribution in [0.25, 0.3) is 0 Å². The van der Waals surface area contributed by atoms with Gasteiger partial charge >= 0.3 is 5.97 Å². The molecule has 0 heterocycles. The Kier molecular flexibility index (Phi) is 4.50. The molecule has 0 fully saturated rings. The number of rotatable bonds is 3. The molecule has 4 N–H and O–H groups in total. The molecular weight excluding hydrogens is 360 g/mol. The van der Waals surface area contributed by atoms with Gasteiger partial charge in [0.05, 0.1) is 16.3 Å². The summed E-state index contributed by atoms with van der Waals surface area (Å²) in [6.45, 7) is 0. The fourth-order valence-electron chi connectivity index (χ4n) is 1.61. The fraction of sp³-hybridized carbons (Fsp3) is 0. The zero-order valence-electron chi connectivity index (χ0n) is 10.6. The van der Waals surface area contributed by atoms with Crippen LogP contribution in [0.5, 0.6) is 0 Å². The van der Waals surface area contributed by atoms with Gasteiger partial charge in [0.25, 0.3) is 5.91 Å². The second-order valence-corrected chi connectivity index (χ2v) is 5.45. The molecule has 0 aliphatic heterocycles. The highest BCUT2D eigenvalue weighted by molar-refractivity contribution is 9.10. The van der Waals surface area contributed by atoms with E-state index in [2.05, 4.69) is 21.2 Å². The third kappa shape index (κ3) is 3.53. The van der Waals surface area contributed by atoms with E-state index in [-0.39, 0.29) is 16.5 Å². The lowest BCUT2D eigenvalue weighted by molar-refractivity contribution is 0.0696. The maximum atomic E-state index is 12.1. The standard InChI is InChI=1S/C14H10BrClN2O3/c15-9-5-7(1-3-11(9)17)13(19)18-12-4-2-8(14(20)21)6-10(12)16/h1-6H,17H2,(H,18,19)(H,20,21). The number of anilines is 2. The molecule has 1 amide bonds. The minimum atomic E-state index is -1.09. The van der Waals surface area contributed by atoms with Gasteiger partial charge in [-0.05, 0) is 52.3 Å². The van der Waals surface area contributed by atoms with E-state index in [1.807, 2.05) is 0 Å². The second kappa shape index (κ2) is 6.15. The Morgan fingerprint density at radius 2 is 1.81 bits per heavy atom. The number of hydrogen-bond donors (Lipinski definition) is 3. The average molecular weight is 370 g/mol. The van der Waals surface area contributed by atoms with E-state index < -0.39 is 5.97 Å². The number of aromatic carboxylic acids is 1. The number of benzene rings is 2. The van der Waals surface area contributed by atoms with Crippen molar-refractivity contribution in [1.82, 2.24) is 0 Å². The zero-order valence-corrected chi connectivity index (χ0v) is 12.9. The topological polar surface area (TPSA) is 92.4 Å². The van der Waals surface area contributed by atoms with Crippen LogP contribution in [0, 0.1) is 0 Å². The molecule has 2 rings (SSSR count). The minimum Gasteiger partial charge on any atom is -0.478 e. The van der Waals surface area contributed by atoms with E-state index in [0.717, 1.165) is 0 Å². The summed E-state index contributed by atoms with van der Waals surface area (Å²) in [7, 11) is 0. The Morgan fingerprint density at radius 1 is 1.14 bits per heavy atom. The molecule has 0 unspecified atom stereocenters. The summed E-state index contributed by atoms with van der Waals surface area (Å²) in [6, 6.07) is 8.85. The molecule has 0 bridgehead atoms. The molecule has 0 aliphatic rings. The van der Waals surface area contributed by atoms with E-state index in [9.17, 15) is 9.59 Å². The normalized spacial score (nSPS) is 10.2. The minimum absolute atomic E-state index is 0.0493. The molecule has 2 aromatic rings. The third-order valence-corrected chi connectivity index (χ3v) is 3.73. The zero-order chi connectivity index (χ0) is 15.6. The molecule has 0 saturated heterocycles. The van der Waals surface area contributed by atoms with Crippen LogP contribution in [-0.2, 0) is 0 Å². The number of carbonyl (C=O) groups is 2. The number of nitrogen functional groups attached to an aromatic ring is 1. The van der Waals surface area contributed by atoms with Gasteiger partial charge in [0.15, 0.2) is 0 Å². The van der Waals surface area contributed by atoms with Gasteiger partial charge < -0.3 is 16.2 Å². The number of carboxylic acids is 1. The third-order valence-electron chi connectivity index (χ3n) is 2.73. The lowest BCUT2D eigenvalue weighted by Crippen LogP contribution is -2.12. The average Bonchev–Trinajstić information content (AvgIpc) is 2.43. The maximum Gasteiger partial charge on any atom is 0.335 e. The van der Waals surface area contributed by atoms with Crippen molar-refractivity contribution < 1.29 is 14.7 Å². The molecule has 0 radical (unpaired) electrons. The second-order valence-electron chi connectivity index (χ2n) is 4.19. The molecular formula is C14H10BrClN2O3. The van der Waals surface area contributed by atoms with E-state index in [1.54, 1.807) is 18.2 Å². The van der Waals surface area contributed by atoms with Crippen LogP contribution in [0.3, 0.4) is 0 Å². The van der Waals surface area contributed by atoms with E-state index in [0.29, 0.717) is 21.4 Å². The fourth-order valence-corrected chi connectivity index (χ4v) is 2.22. The first-order valence-electron chi connectivity index (χ1n) is 5.77. The number of hydrogen-bond acceptors (Lipinski definition) is 3. The number of carboxylic acid groups (broad SMARTS) is 1. The Balaban J connectivity index is 2.23. The van der Waals surface area contributed by atoms with Crippen molar-refractivity contribution in [3.63, 3.8) is 0 Å². The first-order valence-corrected chi connectivity index (χ1v) is 6.95. The van der Waals surface area contributed by atoms with Crippen molar-refractivity contribution in [3.05, 3.63) is 57.0 Å². The quantitative estimate of drug-likeness (QED) is 0.720. The molecule has 21 heavy (non-hydrogen) atoms. The Bertz CT molecular complexity index is 734. The van der Waals surface area contributed by atoms with Crippen molar-refractivity contribution in [2.24, 2.45) is 0 Å². The molecule has 7 heteroatoms. The van der Waals surface area contributed by atoms with Gasteiger partial charge in [-0.2, -0.15) is 0 Å². The molecule has 108 valence electrons. The Morgan fingerprint density at radius 3 is 2.38 bits per heavy atom.